The highest BCUT2D eigenvalue weighted by Gasteiger charge is 2.51. The van der Waals surface area contributed by atoms with Crippen LogP contribution >= 0.6 is 0 Å². The van der Waals surface area contributed by atoms with Gasteiger partial charge in [0.2, 0.25) is 11.5 Å². The maximum absolute atomic E-state index is 13.7. The third-order valence-corrected chi connectivity index (χ3v) is 8.22. The summed E-state index contributed by atoms with van der Waals surface area (Å²) in [5, 5.41) is 5.02. The highest BCUT2D eigenvalue weighted by molar-refractivity contribution is 7.92. The van der Waals surface area contributed by atoms with Gasteiger partial charge in [0.05, 0.1) is 23.2 Å². The highest BCUT2D eigenvalue weighted by atomic mass is 32.2. The van der Waals surface area contributed by atoms with Gasteiger partial charge in [-0.05, 0) is 75.1 Å². The van der Waals surface area contributed by atoms with Crippen LogP contribution in [0.2, 0.25) is 0 Å². The van der Waals surface area contributed by atoms with Crippen LogP contribution in [-0.2, 0) is 19.6 Å². The van der Waals surface area contributed by atoms with Crippen molar-refractivity contribution >= 4 is 33.4 Å². The average Bonchev–Trinajstić information content (AvgIpc) is 3.66. The minimum Gasteiger partial charge on any atom is -0.484 e. The maximum Gasteiger partial charge on any atom is 0.427 e. The summed E-state index contributed by atoms with van der Waals surface area (Å²) in [6.45, 7) is 2.49. The van der Waals surface area contributed by atoms with Crippen LogP contribution in [0.3, 0.4) is 0 Å². The molecule has 2 aliphatic rings. The molecule has 2 amide bonds. The SMILES string of the molecule is CC(=O)N[C@H](C1CC1)[C@H]1CN(S(=O)(=O)c2ccc(F)cc2)c2cc(NC(=O)OC(C)(C)C(F)(F)F)ccc2O1. The molecule has 2 atom stereocenters. The summed E-state index contributed by atoms with van der Waals surface area (Å²) in [5.41, 5.74) is -2.85. The molecule has 1 heterocycles. The number of alkyl halides is 3. The molecule has 2 aromatic carbocycles. The lowest BCUT2D eigenvalue weighted by Gasteiger charge is -2.39. The molecule has 2 aromatic rings. The molecule has 1 saturated carbocycles. The zero-order valence-electron chi connectivity index (χ0n) is 21.2. The molecule has 0 spiro atoms. The third kappa shape index (κ3) is 6.21. The van der Waals surface area contributed by atoms with Gasteiger partial charge in [-0.15, -0.1) is 0 Å². The molecule has 2 N–H and O–H groups in total. The van der Waals surface area contributed by atoms with Gasteiger partial charge in [0.25, 0.3) is 10.0 Å². The summed E-state index contributed by atoms with van der Waals surface area (Å²) >= 11 is 0. The molecule has 0 bridgehead atoms. The predicted molar refractivity (Wildman–Crippen MR) is 132 cm³/mol. The number of anilines is 2. The van der Waals surface area contributed by atoms with Crippen LogP contribution < -0.4 is 19.7 Å². The molecule has 0 aromatic heterocycles. The Balaban J connectivity index is 1.69. The number of hydrogen-bond donors (Lipinski definition) is 2. The van der Waals surface area contributed by atoms with E-state index in [9.17, 15) is 35.6 Å². The van der Waals surface area contributed by atoms with Crippen molar-refractivity contribution in [1.29, 1.82) is 0 Å². The fourth-order valence-corrected chi connectivity index (χ4v) is 5.62. The van der Waals surface area contributed by atoms with Gasteiger partial charge in [-0.2, -0.15) is 13.2 Å². The van der Waals surface area contributed by atoms with Crippen molar-refractivity contribution in [2.75, 3.05) is 16.2 Å². The first-order chi connectivity index (χ1) is 18.1. The van der Waals surface area contributed by atoms with Crippen LogP contribution in [0.1, 0.15) is 33.6 Å². The second-order valence-electron chi connectivity index (χ2n) is 9.92. The number of hydrogen-bond acceptors (Lipinski definition) is 6. The summed E-state index contributed by atoms with van der Waals surface area (Å²) < 4.78 is 91.9. The molecule has 0 radical (unpaired) electrons. The number of halogens is 4. The van der Waals surface area contributed by atoms with Gasteiger partial charge >= 0.3 is 12.3 Å². The van der Waals surface area contributed by atoms with E-state index in [1.165, 1.54) is 25.1 Å². The zero-order chi connectivity index (χ0) is 28.8. The van der Waals surface area contributed by atoms with Crippen molar-refractivity contribution in [1.82, 2.24) is 5.32 Å². The van der Waals surface area contributed by atoms with Crippen LogP contribution in [0.25, 0.3) is 0 Å². The van der Waals surface area contributed by atoms with E-state index in [-0.39, 0.29) is 40.4 Å². The van der Waals surface area contributed by atoms with Crippen molar-refractivity contribution in [2.45, 2.75) is 62.4 Å². The third-order valence-electron chi connectivity index (χ3n) is 6.43. The first-order valence-electron chi connectivity index (χ1n) is 12.0. The Morgan fingerprint density at radius 3 is 2.31 bits per heavy atom. The number of nitrogens with one attached hydrogen (secondary N) is 2. The lowest BCUT2D eigenvalue weighted by molar-refractivity contribution is -0.242. The van der Waals surface area contributed by atoms with Gasteiger partial charge in [0.1, 0.15) is 17.7 Å². The maximum atomic E-state index is 13.7. The number of nitrogens with zero attached hydrogens (tertiary/aromatic N) is 1. The molecule has 14 heteroatoms. The molecule has 9 nitrogen and oxygen atoms in total. The number of ether oxygens (including phenoxy) is 2. The van der Waals surface area contributed by atoms with E-state index in [4.69, 9.17) is 4.74 Å². The minimum absolute atomic E-state index is 0.0131. The highest BCUT2D eigenvalue weighted by Crippen LogP contribution is 2.43. The molecule has 1 aliphatic heterocycles. The summed E-state index contributed by atoms with van der Waals surface area (Å²) in [6.07, 6.45) is -5.36. The molecule has 39 heavy (non-hydrogen) atoms. The lowest BCUT2D eigenvalue weighted by Crippen LogP contribution is -2.55. The standard InChI is InChI=1S/C25H27F4N3O6S/c1-14(33)30-22(15-4-5-15)21-13-32(39(35,36)18-9-6-16(26)7-10-18)19-12-17(8-11-20(19)37-21)31-23(34)38-24(2,3)25(27,28)29/h6-12,15,21-22H,4-5,13H2,1-3H3,(H,30,33)(H,31,34)/t21-,22-/m1/s1. The Morgan fingerprint density at radius 2 is 1.74 bits per heavy atom. The summed E-state index contributed by atoms with van der Waals surface area (Å²) in [5.74, 6) is -0.763. The number of sulfonamides is 1. The number of carbonyl (C=O) groups is 2. The van der Waals surface area contributed by atoms with Crippen molar-refractivity contribution in [3.8, 4) is 5.75 Å². The molecule has 0 saturated heterocycles. The van der Waals surface area contributed by atoms with E-state index < -0.39 is 45.9 Å². The Labute approximate surface area is 222 Å². The molecule has 212 valence electrons. The topological polar surface area (TPSA) is 114 Å². The van der Waals surface area contributed by atoms with Crippen LogP contribution in [-0.4, -0.2) is 50.9 Å². The van der Waals surface area contributed by atoms with Crippen molar-refractivity contribution in [2.24, 2.45) is 5.92 Å². The molecule has 1 fully saturated rings. The van der Waals surface area contributed by atoms with E-state index >= 15 is 0 Å². The fourth-order valence-electron chi connectivity index (χ4n) is 4.14. The number of amides is 2. The molecular formula is C25H27F4N3O6S. The zero-order valence-corrected chi connectivity index (χ0v) is 22.0. The van der Waals surface area contributed by atoms with E-state index in [2.05, 4.69) is 15.4 Å². The summed E-state index contributed by atoms with van der Waals surface area (Å²) in [4.78, 5) is 23.9. The van der Waals surface area contributed by atoms with Crippen LogP contribution in [0.15, 0.2) is 47.4 Å². The van der Waals surface area contributed by atoms with Crippen molar-refractivity contribution < 1.29 is 45.0 Å². The summed E-state index contributed by atoms with van der Waals surface area (Å²) in [7, 11) is -4.30. The van der Waals surface area contributed by atoms with E-state index in [1.807, 2.05) is 0 Å². The quantitative estimate of drug-likeness (QED) is 0.469. The monoisotopic (exact) mass is 573 g/mol. The molecule has 4 rings (SSSR count). The van der Waals surface area contributed by atoms with Crippen LogP contribution in [0.5, 0.6) is 5.75 Å². The van der Waals surface area contributed by atoms with Crippen molar-refractivity contribution in [3.63, 3.8) is 0 Å². The Kier molecular flexibility index (Phi) is 7.45. The Bertz CT molecular complexity index is 1360. The average molecular weight is 574 g/mol. The second-order valence-corrected chi connectivity index (χ2v) is 11.8. The van der Waals surface area contributed by atoms with Crippen LogP contribution in [0, 0.1) is 11.7 Å². The normalized spacial score (nSPS) is 18.4. The summed E-state index contributed by atoms with van der Waals surface area (Å²) in [6, 6.07) is 7.59. The molecule has 1 aliphatic carbocycles. The minimum atomic E-state index is -4.82. The number of fused-ring (bicyclic) bond motifs is 1. The Hall–Kier alpha value is -3.55. The first-order valence-corrected chi connectivity index (χ1v) is 13.5. The van der Waals surface area contributed by atoms with Gasteiger partial charge in [-0.1, -0.05) is 0 Å². The van der Waals surface area contributed by atoms with E-state index in [0.29, 0.717) is 13.8 Å². The largest absolute Gasteiger partial charge is 0.484 e. The van der Waals surface area contributed by atoms with E-state index in [0.717, 1.165) is 41.4 Å². The van der Waals surface area contributed by atoms with Gasteiger partial charge in [0, 0.05) is 12.6 Å². The number of carbonyl (C=O) groups excluding carboxylic acids is 2. The smallest absolute Gasteiger partial charge is 0.427 e. The number of benzene rings is 2. The lowest BCUT2D eigenvalue weighted by atomic mass is 10.0. The predicted octanol–water partition coefficient (Wildman–Crippen LogP) is 4.59. The molecular weight excluding hydrogens is 546 g/mol. The first kappa shape index (κ1) is 28.5. The van der Waals surface area contributed by atoms with Gasteiger partial charge in [-0.3, -0.25) is 14.4 Å². The fraction of sp³-hybridized carbons (Fsp3) is 0.440. The van der Waals surface area contributed by atoms with Gasteiger partial charge < -0.3 is 14.8 Å². The van der Waals surface area contributed by atoms with E-state index in [1.54, 1.807) is 0 Å². The number of rotatable bonds is 7. The van der Waals surface area contributed by atoms with Gasteiger partial charge in [0.15, 0.2) is 0 Å². The van der Waals surface area contributed by atoms with Crippen LogP contribution in [0.4, 0.5) is 33.7 Å². The Morgan fingerprint density at radius 1 is 1.10 bits per heavy atom. The van der Waals surface area contributed by atoms with Crippen molar-refractivity contribution in [3.05, 3.63) is 48.3 Å². The molecule has 0 unspecified atom stereocenters. The second kappa shape index (κ2) is 10.2. The van der Waals surface area contributed by atoms with Gasteiger partial charge in [-0.25, -0.2) is 17.6 Å².